The lowest BCUT2D eigenvalue weighted by molar-refractivity contribution is 0.464. The zero-order chi connectivity index (χ0) is 14.8. The van der Waals surface area contributed by atoms with Gasteiger partial charge in [0.15, 0.2) is 0 Å². The summed E-state index contributed by atoms with van der Waals surface area (Å²) in [4.78, 5) is 4.59. The predicted molar refractivity (Wildman–Crippen MR) is 87.0 cm³/mol. The Morgan fingerprint density at radius 3 is 2.75 bits per heavy atom. The van der Waals surface area contributed by atoms with Crippen molar-refractivity contribution in [2.45, 2.75) is 70.1 Å². The summed E-state index contributed by atoms with van der Waals surface area (Å²) in [6, 6.07) is 0.394. The van der Waals surface area contributed by atoms with E-state index < -0.39 is 10.8 Å². The Labute approximate surface area is 128 Å². The van der Waals surface area contributed by atoms with E-state index in [1.54, 1.807) is 0 Å². The minimum atomic E-state index is -0.674. The van der Waals surface area contributed by atoms with Crippen LogP contribution < -0.4 is 5.32 Å². The van der Waals surface area contributed by atoms with Crippen molar-refractivity contribution in [2.75, 3.05) is 11.1 Å². The van der Waals surface area contributed by atoms with Crippen molar-refractivity contribution in [3.05, 3.63) is 5.82 Å². The third-order valence-electron chi connectivity index (χ3n) is 3.71. The lowest BCUT2D eigenvalue weighted by Gasteiger charge is -2.28. The van der Waals surface area contributed by atoms with E-state index >= 15 is 0 Å². The first-order valence-corrected chi connectivity index (χ1v) is 9.53. The Bertz CT molecular complexity index is 467. The Hall–Kier alpha value is -0.490. The molecular weight excluding hydrogens is 290 g/mol. The fourth-order valence-electron chi connectivity index (χ4n) is 2.51. The summed E-state index contributed by atoms with van der Waals surface area (Å²) in [5.74, 6) is 1.67. The fourth-order valence-corrected chi connectivity index (χ4v) is 4.69. The van der Waals surface area contributed by atoms with Gasteiger partial charge in [0.1, 0.15) is 5.82 Å². The maximum Gasteiger partial charge on any atom is 0.202 e. The SMILES string of the molecule is CCS(=O)C1CCCC(Nc2nc(C(C)(C)C)ns2)C1. The quantitative estimate of drug-likeness (QED) is 0.926. The van der Waals surface area contributed by atoms with Crippen molar-refractivity contribution in [1.82, 2.24) is 9.36 Å². The zero-order valence-corrected chi connectivity index (χ0v) is 14.4. The van der Waals surface area contributed by atoms with Crippen LogP contribution in [0.5, 0.6) is 0 Å². The second-order valence-corrected chi connectivity index (χ2v) is 9.23. The molecule has 1 heterocycles. The molecular formula is C14H25N3OS2. The van der Waals surface area contributed by atoms with Crippen LogP contribution in [0.2, 0.25) is 0 Å². The summed E-state index contributed by atoms with van der Waals surface area (Å²) in [7, 11) is -0.674. The highest BCUT2D eigenvalue weighted by Crippen LogP contribution is 2.28. The smallest absolute Gasteiger partial charge is 0.202 e. The van der Waals surface area contributed by atoms with Gasteiger partial charge < -0.3 is 5.32 Å². The van der Waals surface area contributed by atoms with Crippen molar-refractivity contribution < 1.29 is 4.21 Å². The number of hydrogen-bond acceptors (Lipinski definition) is 5. The molecule has 0 bridgehead atoms. The van der Waals surface area contributed by atoms with Gasteiger partial charge in [-0.05, 0) is 19.3 Å². The van der Waals surface area contributed by atoms with Crippen LogP contribution in [0, 0.1) is 0 Å². The first-order chi connectivity index (χ1) is 9.40. The van der Waals surface area contributed by atoms with E-state index in [1.165, 1.54) is 11.5 Å². The van der Waals surface area contributed by atoms with Crippen LogP contribution >= 0.6 is 11.5 Å². The summed E-state index contributed by atoms with van der Waals surface area (Å²) in [6.45, 7) is 8.38. The average molecular weight is 316 g/mol. The number of nitrogens with one attached hydrogen (secondary N) is 1. The monoisotopic (exact) mass is 315 g/mol. The third kappa shape index (κ3) is 4.01. The van der Waals surface area contributed by atoms with Gasteiger partial charge in [0.25, 0.3) is 0 Å². The molecule has 114 valence electrons. The van der Waals surface area contributed by atoms with Gasteiger partial charge in [-0.3, -0.25) is 4.21 Å². The first kappa shape index (κ1) is 15.9. The first-order valence-electron chi connectivity index (χ1n) is 7.38. The molecule has 4 nitrogen and oxygen atoms in total. The Morgan fingerprint density at radius 1 is 1.40 bits per heavy atom. The maximum absolute atomic E-state index is 12.0. The fraction of sp³-hybridized carbons (Fsp3) is 0.857. The lowest BCUT2D eigenvalue weighted by atomic mass is 9.95. The number of nitrogens with zero attached hydrogens (tertiary/aromatic N) is 2. The molecule has 6 heteroatoms. The second-order valence-electron chi connectivity index (χ2n) is 6.47. The van der Waals surface area contributed by atoms with Gasteiger partial charge in [0.2, 0.25) is 5.13 Å². The summed E-state index contributed by atoms with van der Waals surface area (Å²) in [5.41, 5.74) is -0.00472. The summed E-state index contributed by atoms with van der Waals surface area (Å²) in [6.07, 6.45) is 4.38. The molecule has 0 radical (unpaired) electrons. The Balaban J connectivity index is 1.96. The molecule has 3 unspecified atom stereocenters. The van der Waals surface area contributed by atoms with E-state index in [4.69, 9.17) is 0 Å². The lowest BCUT2D eigenvalue weighted by Crippen LogP contribution is -2.33. The van der Waals surface area contributed by atoms with Gasteiger partial charge in [-0.15, -0.1) is 0 Å². The number of hydrogen-bond donors (Lipinski definition) is 1. The summed E-state index contributed by atoms with van der Waals surface area (Å²) < 4.78 is 16.4. The molecule has 1 N–H and O–H groups in total. The van der Waals surface area contributed by atoms with Crippen molar-refractivity contribution in [2.24, 2.45) is 0 Å². The highest BCUT2D eigenvalue weighted by Gasteiger charge is 2.27. The van der Waals surface area contributed by atoms with E-state index in [1.807, 2.05) is 6.92 Å². The molecule has 20 heavy (non-hydrogen) atoms. The van der Waals surface area contributed by atoms with Gasteiger partial charge in [-0.1, -0.05) is 34.1 Å². The minimum absolute atomic E-state index is 0.00472. The van der Waals surface area contributed by atoms with Gasteiger partial charge >= 0.3 is 0 Å². The molecule has 0 saturated heterocycles. The highest BCUT2D eigenvalue weighted by atomic mass is 32.2. The predicted octanol–water partition coefficient (Wildman–Crippen LogP) is 3.33. The third-order valence-corrected chi connectivity index (χ3v) is 6.09. The van der Waals surface area contributed by atoms with E-state index in [0.29, 0.717) is 11.3 Å². The van der Waals surface area contributed by atoms with Crippen LogP contribution in [0.15, 0.2) is 0 Å². The van der Waals surface area contributed by atoms with Crippen LogP contribution in [0.4, 0.5) is 5.13 Å². The zero-order valence-electron chi connectivity index (χ0n) is 12.8. The average Bonchev–Trinajstić information content (AvgIpc) is 2.86. The van der Waals surface area contributed by atoms with Crippen molar-refractivity contribution >= 4 is 27.5 Å². The normalized spacial score (nSPS) is 25.4. The summed E-state index contributed by atoms with van der Waals surface area (Å²) in [5, 5.41) is 4.75. The second kappa shape index (κ2) is 6.52. The molecule has 1 aromatic rings. The van der Waals surface area contributed by atoms with Crippen LogP contribution in [0.3, 0.4) is 0 Å². The molecule has 1 saturated carbocycles. The molecule has 0 amide bonds. The van der Waals surface area contributed by atoms with E-state index in [-0.39, 0.29) is 5.41 Å². The van der Waals surface area contributed by atoms with Gasteiger partial charge in [0, 0.05) is 44.8 Å². The molecule has 1 aliphatic rings. The highest BCUT2D eigenvalue weighted by molar-refractivity contribution is 7.85. The Morgan fingerprint density at radius 2 is 2.15 bits per heavy atom. The molecule has 1 aromatic heterocycles. The van der Waals surface area contributed by atoms with Gasteiger partial charge in [-0.25, -0.2) is 4.98 Å². The van der Waals surface area contributed by atoms with Gasteiger partial charge in [0.05, 0.1) is 0 Å². The van der Waals surface area contributed by atoms with Crippen LogP contribution in [0.1, 0.15) is 59.2 Å². The molecule has 0 spiro atoms. The van der Waals surface area contributed by atoms with Crippen molar-refractivity contribution in [1.29, 1.82) is 0 Å². The maximum atomic E-state index is 12.0. The number of rotatable bonds is 4. The molecule has 0 aliphatic heterocycles. The molecule has 1 fully saturated rings. The van der Waals surface area contributed by atoms with E-state index in [9.17, 15) is 4.21 Å². The molecule has 3 atom stereocenters. The van der Waals surface area contributed by atoms with Crippen LogP contribution in [0.25, 0.3) is 0 Å². The van der Waals surface area contributed by atoms with Crippen molar-refractivity contribution in [3.63, 3.8) is 0 Å². The molecule has 0 aromatic carbocycles. The number of anilines is 1. The molecule has 1 aliphatic carbocycles. The minimum Gasteiger partial charge on any atom is -0.358 e. The van der Waals surface area contributed by atoms with Crippen LogP contribution in [-0.4, -0.2) is 30.6 Å². The van der Waals surface area contributed by atoms with E-state index in [2.05, 4.69) is 35.4 Å². The molecule has 2 rings (SSSR count). The van der Waals surface area contributed by atoms with Crippen LogP contribution in [-0.2, 0) is 16.2 Å². The topological polar surface area (TPSA) is 54.9 Å². The number of aromatic nitrogens is 2. The van der Waals surface area contributed by atoms with Crippen molar-refractivity contribution in [3.8, 4) is 0 Å². The largest absolute Gasteiger partial charge is 0.358 e. The standard InChI is InChI=1S/C14H25N3OS2/c1-5-20(18)11-8-6-7-10(9-11)15-13-16-12(17-19-13)14(2,3)4/h10-11H,5-9H2,1-4H3,(H,15,16,17). The van der Waals surface area contributed by atoms with Gasteiger partial charge in [-0.2, -0.15) is 4.37 Å². The summed E-state index contributed by atoms with van der Waals surface area (Å²) >= 11 is 1.44. The Kier molecular flexibility index (Phi) is 5.18. The van der Waals surface area contributed by atoms with E-state index in [0.717, 1.165) is 42.4 Å².